The van der Waals surface area contributed by atoms with Crippen molar-refractivity contribution in [2.45, 2.75) is 5.16 Å². The smallest absolute Gasteiger partial charge is 0.234 e. The van der Waals surface area contributed by atoms with Crippen LogP contribution in [-0.2, 0) is 4.79 Å². The number of phenols is 1. The monoisotopic (exact) mass is 440 g/mol. The zero-order chi connectivity index (χ0) is 18.7. The molecular formula is C16H11BrF2N4O2S. The summed E-state index contributed by atoms with van der Waals surface area (Å²) < 4.78 is 27.1. The molecule has 0 radical (unpaired) electrons. The molecule has 0 aliphatic carbocycles. The number of carbonyl (C=O) groups excluding carboxylic acids is 1. The Hall–Kier alpha value is -2.46. The van der Waals surface area contributed by atoms with Crippen molar-refractivity contribution in [1.29, 1.82) is 0 Å². The highest BCUT2D eigenvalue weighted by Crippen LogP contribution is 2.30. The van der Waals surface area contributed by atoms with Gasteiger partial charge in [-0.1, -0.05) is 27.7 Å². The molecule has 1 heterocycles. The molecule has 0 saturated heterocycles. The number of aromatic amines is 1. The van der Waals surface area contributed by atoms with E-state index in [1.54, 1.807) is 12.1 Å². The van der Waals surface area contributed by atoms with Crippen molar-refractivity contribution in [3.05, 3.63) is 52.5 Å². The Kier molecular flexibility index (Phi) is 5.52. The SMILES string of the molecule is O=C(CSc1n[nH]c(-c2cc(Br)ccc2O)n1)Nc1ccc(F)cc1F. The van der Waals surface area contributed by atoms with Crippen molar-refractivity contribution >= 4 is 39.3 Å². The molecule has 10 heteroatoms. The molecular weight excluding hydrogens is 430 g/mol. The number of phenolic OH excluding ortho intramolecular Hbond substituents is 1. The first-order valence-electron chi connectivity index (χ1n) is 7.21. The highest BCUT2D eigenvalue weighted by atomic mass is 79.9. The van der Waals surface area contributed by atoms with Gasteiger partial charge in [0.05, 0.1) is 17.0 Å². The number of thioether (sulfide) groups is 1. The first kappa shape index (κ1) is 18.3. The molecule has 3 N–H and O–H groups in total. The summed E-state index contributed by atoms with van der Waals surface area (Å²) in [4.78, 5) is 16.1. The fraction of sp³-hybridized carbons (Fsp3) is 0.0625. The van der Waals surface area contributed by atoms with E-state index in [0.717, 1.165) is 28.4 Å². The Morgan fingerprint density at radius 2 is 2.08 bits per heavy atom. The number of aromatic hydroxyl groups is 1. The average molecular weight is 441 g/mol. The Balaban J connectivity index is 1.62. The van der Waals surface area contributed by atoms with Crippen LogP contribution in [0.15, 0.2) is 46.0 Å². The van der Waals surface area contributed by atoms with Crippen LogP contribution in [0.1, 0.15) is 0 Å². The van der Waals surface area contributed by atoms with Crippen molar-refractivity contribution in [2.75, 3.05) is 11.1 Å². The normalized spacial score (nSPS) is 10.7. The maximum Gasteiger partial charge on any atom is 0.234 e. The second kappa shape index (κ2) is 7.83. The number of nitrogens with one attached hydrogen (secondary N) is 2. The summed E-state index contributed by atoms with van der Waals surface area (Å²) in [7, 11) is 0. The molecule has 0 atom stereocenters. The van der Waals surface area contributed by atoms with E-state index in [0.29, 0.717) is 17.5 Å². The van der Waals surface area contributed by atoms with Gasteiger partial charge in [0.2, 0.25) is 11.1 Å². The van der Waals surface area contributed by atoms with Gasteiger partial charge in [-0.2, -0.15) is 0 Å². The third-order valence-corrected chi connectivity index (χ3v) is 4.56. The van der Waals surface area contributed by atoms with Crippen LogP contribution in [0.25, 0.3) is 11.4 Å². The molecule has 1 aromatic heterocycles. The first-order chi connectivity index (χ1) is 12.4. The number of benzene rings is 2. The van der Waals surface area contributed by atoms with E-state index in [1.807, 2.05) is 0 Å². The van der Waals surface area contributed by atoms with Crippen molar-refractivity contribution in [3.63, 3.8) is 0 Å². The molecule has 134 valence electrons. The van der Waals surface area contributed by atoms with Gasteiger partial charge in [0.25, 0.3) is 0 Å². The summed E-state index contributed by atoms with van der Waals surface area (Å²) in [6, 6.07) is 7.76. The van der Waals surface area contributed by atoms with E-state index in [4.69, 9.17) is 0 Å². The number of carbonyl (C=O) groups is 1. The minimum atomic E-state index is -0.853. The molecule has 2 aromatic carbocycles. The number of hydrogen-bond donors (Lipinski definition) is 3. The van der Waals surface area contributed by atoms with Gasteiger partial charge in [-0.25, -0.2) is 13.8 Å². The number of amides is 1. The Morgan fingerprint density at radius 3 is 2.85 bits per heavy atom. The summed E-state index contributed by atoms with van der Waals surface area (Å²) in [5.41, 5.74) is 0.350. The molecule has 0 aliphatic heterocycles. The number of anilines is 1. The Morgan fingerprint density at radius 1 is 1.27 bits per heavy atom. The van der Waals surface area contributed by atoms with Gasteiger partial charge >= 0.3 is 0 Å². The van der Waals surface area contributed by atoms with Crippen LogP contribution in [0.4, 0.5) is 14.5 Å². The third kappa shape index (κ3) is 4.38. The highest BCUT2D eigenvalue weighted by molar-refractivity contribution is 9.10. The van der Waals surface area contributed by atoms with E-state index >= 15 is 0 Å². The quantitative estimate of drug-likeness (QED) is 0.522. The van der Waals surface area contributed by atoms with Crippen LogP contribution in [-0.4, -0.2) is 31.9 Å². The number of hydrogen-bond acceptors (Lipinski definition) is 5. The van der Waals surface area contributed by atoms with Crippen molar-refractivity contribution in [1.82, 2.24) is 15.2 Å². The maximum absolute atomic E-state index is 13.5. The number of nitrogens with zero attached hydrogens (tertiary/aromatic N) is 2. The van der Waals surface area contributed by atoms with Crippen LogP contribution in [0.2, 0.25) is 0 Å². The minimum absolute atomic E-state index is 0.0328. The first-order valence-corrected chi connectivity index (χ1v) is 8.99. The molecule has 0 bridgehead atoms. The van der Waals surface area contributed by atoms with Crippen LogP contribution in [0, 0.1) is 11.6 Å². The molecule has 0 fully saturated rings. The molecule has 3 aromatic rings. The largest absolute Gasteiger partial charge is 0.507 e. The van der Waals surface area contributed by atoms with Crippen molar-refractivity contribution < 1.29 is 18.7 Å². The molecule has 0 saturated carbocycles. The summed E-state index contributed by atoms with van der Waals surface area (Å²) in [5, 5.41) is 19.2. The molecule has 0 aliphatic rings. The summed E-state index contributed by atoms with van der Waals surface area (Å²) >= 11 is 4.33. The second-order valence-corrected chi connectivity index (χ2v) is 6.95. The number of rotatable bonds is 5. The Bertz CT molecular complexity index is 967. The predicted octanol–water partition coefficient (Wildman–Crippen LogP) is 3.95. The van der Waals surface area contributed by atoms with Gasteiger partial charge in [-0.05, 0) is 30.3 Å². The summed E-state index contributed by atoms with van der Waals surface area (Å²) in [6.07, 6.45) is 0. The molecule has 3 rings (SSSR count). The van der Waals surface area contributed by atoms with E-state index in [-0.39, 0.29) is 22.3 Å². The van der Waals surface area contributed by atoms with Crippen LogP contribution in [0.3, 0.4) is 0 Å². The zero-order valence-electron chi connectivity index (χ0n) is 13.0. The summed E-state index contributed by atoms with van der Waals surface area (Å²) in [5.74, 6) is -1.76. The van der Waals surface area contributed by atoms with Crippen LogP contribution < -0.4 is 5.32 Å². The lowest BCUT2D eigenvalue weighted by atomic mass is 10.2. The van der Waals surface area contributed by atoms with E-state index in [2.05, 4.69) is 36.4 Å². The maximum atomic E-state index is 13.5. The third-order valence-electron chi connectivity index (χ3n) is 3.22. The number of aromatic nitrogens is 3. The molecule has 0 spiro atoms. The van der Waals surface area contributed by atoms with Gasteiger partial charge in [0.15, 0.2) is 5.82 Å². The van der Waals surface area contributed by atoms with Crippen LogP contribution in [0.5, 0.6) is 5.75 Å². The van der Waals surface area contributed by atoms with Gasteiger partial charge < -0.3 is 10.4 Å². The summed E-state index contributed by atoms with van der Waals surface area (Å²) in [6.45, 7) is 0. The van der Waals surface area contributed by atoms with Gasteiger partial charge in [0, 0.05) is 10.5 Å². The molecule has 6 nitrogen and oxygen atoms in total. The van der Waals surface area contributed by atoms with Crippen molar-refractivity contribution in [2.24, 2.45) is 0 Å². The fourth-order valence-electron chi connectivity index (χ4n) is 2.04. The topological polar surface area (TPSA) is 90.9 Å². The van der Waals surface area contributed by atoms with E-state index < -0.39 is 17.5 Å². The lowest BCUT2D eigenvalue weighted by Crippen LogP contribution is -2.15. The highest BCUT2D eigenvalue weighted by Gasteiger charge is 2.13. The number of H-pyrrole nitrogens is 1. The predicted molar refractivity (Wildman–Crippen MR) is 96.9 cm³/mol. The minimum Gasteiger partial charge on any atom is -0.507 e. The lowest BCUT2D eigenvalue weighted by Gasteiger charge is -2.05. The second-order valence-electron chi connectivity index (χ2n) is 5.09. The van der Waals surface area contributed by atoms with Crippen LogP contribution >= 0.6 is 27.7 Å². The van der Waals surface area contributed by atoms with Gasteiger partial charge in [-0.3, -0.25) is 9.89 Å². The van der Waals surface area contributed by atoms with E-state index in [1.165, 1.54) is 6.07 Å². The average Bonchev–Trinajstić information content (AvgIpc) is 3.06. The molecule has 26 heavy (non-hydrogen) atoms. The van der Waals surface area contributed by atoms with Gasteiger partial charge in [0.1, 0.15) is 17.4 Å². The van der Waals surface area contributed by atoms with E-state index in [9.17, 15) is 18.7 Å². The number of halogens is 3. The lowest BCUT2D eigenvalue weighted by molar-refractivity contribution is -0.113. The Labute approximate surface area is 159 Å². The standard InChI is InChI=1S/C16H11BrF2N4O2S/c17-8-1-4-13(24)10(5-8)15-21-16(23-22-15)26-7-14(25)20-12-3-2-9(18)6-11(12)19/h1-6,24H,7H2,(H,20,25)(H,21,22,23). The fourth-order valence-corrected chi connectivity index (χ4v) is 3.00. The molecule has 1 amide bonds. The zero-order valence-corrected chi connectivity index (χ0v) is 15.4. The van der Waals surface area contributed by atoms with Gasteiger partial charge in [-0.15, -0.1) is 5.10 Å². The van der Waals surface area contributed by atoms with Crippen molar-refractivity contribution in [3.8, 4) is 17.1 Å². The molecule has 0 unspecified atom stereocenters.